The van der Waals surface area contributed by atoms with Crippen LogP contribution in [0.4, 0.5) is 0 Å². The Labute approximate surface area is 143 Å². The predicted octanol–water partition coefficient (Wildman–Crippen LogP) is 2.58. The van der Waals surface area contributed by atoms with E-state index in [1.807, 2.05) is 35.4 Å². The minimum atomic E-state index is -0.0151. The third-order valence-electron chi connectivity index (χ3n) is 4.35. The molecule has 3 aromatic heterocycles. The number of carbonyl (C=O) groups excluding carboxylic acids is 1. The highest BCUT2D eigenvalue weighted by Crippen LogP contribution is 2.27. The van der Waals surface area contributed by atoms with E-state index < -0.39 is 0 Å². The minimum absolute atomic E-state index is 0.0151. The Morgan fingerprint density at radius 1 is 1.29 bits per heavy atom. The van der Waals surface area contributed by atoms with Gasteiger partial charge in [0.1, 0.15) is 5.82 Å². The van der Waals surface area contributed by atoms with Crippen molar-refractivity contribution in [3.63, 3.8) is 0 Å². The highest BCUT2D eigenvalue weighted by molar-refractivity contribution is 7.13. The van der Waals surface area contributed by atoms with Crippen LogP contribution in [0.3, 0.4) is 0 Å². The Morgan fingerprint density at radius 2 is 2.12 bits per heavy atom. The van der Waals surface area contributed by atoms with E-state index in [0.29, 0.717) is 24.7 Å². The molecule has 4 rings (SSSR count). The van der Waals surface area contributed by atoms with Crippen molar-refractivity contribution in [2.45, 2.75) is 25.7 Å². The fourth-order valence-corrected chi connectivity index (χ4v) is 3.73. The molecule has 0 unspecified atom stereocenters. The molecule has 0 aromatic carbocycles. The van der Waals surface area contributed by atoms with E-state index in [4.69, 9.17) is 0 Å². The van der Waals surface area contributed by atoms with Gasteiger partial charge in [0.2, 0.25) is 0 Å². The van der Waals surface area contributed by atoms with Gasteiger partial charge in [-0.15, -0.1) is 11.3 Å². The second-order valence-corrected chi connectivity index (χ2v) is 6.94. The number of likely N-dealkylation sites (tertiary alicyclic amines) is 1. The van der Waals surface area contributed by atoms with Crippen LogP contribution >= 0.6 is 11.3 Å². The predicted molar refractivity (Wildman–Crippen MR) is 90.9 cm³/mol. The van der Waals surface area contributed by atoms with E-state index in [1.165, 1.54) is 0 Å². The van der Waals surface area contributed by atoms with E-state index in [-0.39, 0.29) is 5.91 Å². The van der Waals surface area contributed by atoms with Gasteiger partial charge >= 0.3 is 0 Å². The minimum Gasteiger partial charge on any atom is -0.337 e. The van der Waals surface area contributed by atoms with Gasteiger partial charge in [-0.2, -0.15) is 10.2 Å². The molecule has 0 spiro atoms. The first-order valence-electron chi connectivity index (χ1n) is 7.98. The lowest BCUT2D eigenvalue weighted by Crippen LogP contribution is -2.38. The number of hydrogen-bond donors (Lipinski definition) is 2. The summed E-state index contributed by atoms with van der Waals surface area (Å²) in [6, 6.07) is 5.83. The third-order valence-corrected chi connectivity index (χ3v) is 5.25. The topological polar surface area (TPSA) is 90.6 Å². The van der Waals surface area contributed by atoms with Crippen molar-refractivity contribution in [2.75, 3.05) is 13.1 Å². The second-order valence-electron chi connectivity index (χ2n) is 5.99. The van der Waals surface area contributed by atoms with Crippen molar-refractivity contribution < 1.29 is 4.79 Å². The Kier molecular flexibility index (Phi) is 3.89. The number of carbonyl (C=O) groups is 1. The molecular weight excluding hydrogens is 324 g/mol. The van der Waals surface area contributed by atoms with Gasteiger partial charge in [0.05, 0.1) is 10.6 Å². The Balaban J connectivity index is 1.41. The fourth-order valence-electron chi connectivity index (χ4n) is 3.03. The molecule has 0 radical (unpaired) electrons. The first kappa shape index (κ1) is 15.1. The van der Waals surface area contributed by atoms with Crippen LogP contribution in [0.2, 0.25) is 0 Å². The first-order valence-corrected chi connectivity index (χ1v) is 8.86. The highest BCUT2D eigenvalue weighted by Gasteiger charge is 2.27. The Hall–Kier alpha value is -2.48. The second kappa shape index (κ2) is 6.20. The van der Waals surface area contributed by atoms with Gasteiger partial charge in [0.25, 0.3) is 5.91 Å². The number of rotatable bonds is 3. The molecule has 0 saturated carbocycles. The summed E-state index contributed by atoms with van der Waals surface area (Å²) in [5.41, 5.74) is 1.37. The molecule has 124 valence electrons. The molecule has 0 aliphatic carbocycles. The van der Waals surface area contributed by atoms with E-state index in [2.05, 4.69) is 25.4 Å². The molecule has 24 heavy (non-hydrogen) atoms. The molecule has 7 nitrogen and oxygen atoms in total. The van der Waals surface area contributed by atoms with Gasteiger partial charge in [-0.25, -0.2) is 4.98 Å². The number of aryl methyl sites for hydroxylation is 1. The van der Waals surface area contributed by atoms with Crippen molar-refractivity contribution >= 4 is 17.2 Å². The molecule has 0 bridgehead atoms. The maximum Gasteiger partial charge on any atom is 0.274 e. The van der Waals surface area contributed by atoms with Gasteiger partial charge < -0.3 is 4.90 Å². The summed E-state index contributed by atoms with van der Waals surface area (Å²) in [7, 11) is 0. The molecular formula is C16H18N6OS. The van der Waals surface area contributed by atoms with Crippen LogP contribution in [0.25, 0.3) is 10.6 Å². The van der Waals surface area contributed by atoms with Crippen molar-refractivity contribution in [2.24, 2.45) is 0 Å². The SMILES string of the molecule is Cc1nc(C2CCN(C(=O)c3cc(-c4cccs4)[nH]n3)CC2)n[nH]1. The number of nitrogens with one attached hydrogen (secondary N) is 2. The van der Waals surface area contributed by atoms with E-state index in [9.17, 15) is 4.79 Å². The number of H-pyrrole nitrogens is 2. The van der Waals surface area contributed by atoms with Crippen LogP contribution in [0.5, 0.6) is 0 Å². The van der Waals surface area contributed by atoms with Gasteiger partial charge in [0.15, 0.2) is 11.5 Å². The van der Waals surface area contributed by atoms with Crippen molar-refractivity contribution in [1.82, 2.24) is 30.3 Å². The number of thiophene rings is 1. The molecule has 1 amide bonds. The lowest BCUT2D eigenvalue weighted by Gasteiger charge is -2.30. The normalized spacial score (nSPS) is 15.8. The highest BCUT2D eigenvalue weighted by atomic mass is 32.1. The molecule has 0 atom stereocenters. The zero-order valence-electron chi connectivity index (χ0n) is 13.3. The van der Waals surface area contributed by atoms with Crippen molar-refractivity contribution in [3.8, 4) is 10.6 Å². The van der Waals surface area contributed by atoms with Crippen LogP contribution in [-0.2, 0) is 0 Å². The molecule has 1 aliphatic heterocycles. The first-order chi connectivity index (χ1) is 11.7. The summed E-state index contributed by atoms with van der Waals surface area (Å²) < 4.78 is 0. The standard InChI is InChI=1S/C16H18N6OS/c1-10-17-15(21-18-10)11-4-6-22(7-5-11)16(23)13-9-12(19-20-13)14-3-2-8-24-14/h2-3,8-9,11H,4-7H2,1H3,(H,19,20)(H,17,18,21). The fraction of sp³-hybridized carbons (Fsp3) is 0.375. The van der Waals surface area contributed by atoms with Gasteiger partial charge in [-0.1, -0.05) is 6.07 Å². The van der Waals surface area contributed by atoms with Crippen LogP contribution < -0.4 is 0 Å². The lowest BCUT2D eigenvalue weighted by molar-refractivity contribution is 0.0705. The number of aromatic nitrogens is 5. The Bertz CT molecular complexity index is 829. The number of hydrogen-bond acceptors (Lipinski definition) is 5. The van der Waals surface area contributed by atoms with Crippen LogP contribution in [0.1, 0.15) is 40.9 Å². The maximum absolute atomic E-state index is 12.6. The van der Waals surface area contributed by atoms with Gasteiger partial charge in [0, 0.05) is 19.0 Å². The average molecular weight is 342 g/mol. The van der Waals surface area contributed by atoms with Crippen molar-refractivity contribution in [3.05, 3.63) is 40.9 Å². The summed E-state index contributed by atoms with van der Waals surface area (Å²) in [6.45, 7) is 3.31. The zero-order valence-corrected chi connectivity index (χ0v) is 14.1. The molecule has 8 heteroatoms. The summed E-state index contributed by atoms with van der Waals surface area (Å²) in [5.74, 6) is 2.00. The van der Waals surface area contributed by atoms with Gasteiger partial charge in [-0.05, 0) is 37.3 Å². The van der Waals surface area contributed by atoms with E-state index >= 15 is 0 Å². The van der Waals surface area contributed by atoms with E-state index in [0.717, 1.165) is 35.1 Å². The summed E-state index contributed by atoms with van der Waals surface area (Å²) in [6.07, 6.45) is 1.76. The van der Waals surface area contributed by atoms with Crippen LogP contribution in [0, 0.1) is 6.92 Å². The van der Waals surface area contributed by atoms with Crippen LogP contribution in [0.15, 0.2) is 23.6 Å². The Morgan fingerprint density at radius 3 is 2.79 bits per heavy atom. The number of piperidine rings is 1. The van der Waals surface area contributed by atoms with Crippen LogP contribution in [-0.4, -0.2) is 49.3 Å². The maximum atomic E-state index is 12.6. The summed E-state index contributed by atoms with van der Waals surface area (Å²) in [4.78, 5) is 20.0. The average Bonchev–Trinajstić information content (AvgIpc) is 3.35. The van der Waals surface area contributed by atoms with Crippen molar-refractivity contribution in [1.29, 1.82) is 0 Å². The third kappa shape index (κ3) is 2.84. The summed E-state index contributed by atoms with van der Waals surface area (Å²) in [5, 5.41) is 16.3. The molecule has 4 heterocycles. The molecule has 2 N–H and O–H groups in total. The summed E-state index contributed by atoms with van der Waals surface area (Å²) >= 11 is 1.62. The molecule has 3 aromatic rings. The number of aromatic amines is 2. The zero-order chi connectivity index (χ0) is 16.5. The van der Waals surface area contributed by atoms with E-state index in [1.54, 1.807) is 11.3 Å². The molecule has 1 aliphatic rings. The smallest absolute Gasteiger partial charge is 0.274 e. The van der Waals surface area contributed by atoms with Gasteiger partial charge in [-0.3, -0.25) is 15.0 Å². The lowest BCUT2D eigenvalue weighted by atomic mass is 9.96. The monoisotopic (exact) mass is 342 g/mol. The number of nitrogens with zero attached hydrogens (tertiary/aromatic N) is 4. The quantitative estimate of drug-likeness (QED) is 0.765. The largest absolute Gasteiger partial charge is 0.337 e. The molecule has 1 saturated heterocycles. The number of amides is 1. The molecule has 1 fully saturated rings.